The lowest BCUT2D eigenvalue weighted by atomic mass is 9.83. The standard InChI is InChI=1S/C9H17NO2.ClH/c10-8-3-1-2-7(6-8)4-5-9(11)12;/h7-8H,1-6,10H2,(H,11,12);1H. The molecule has 1 aliphatic carbocycles. The van der Waals surface area contributed by atoms with Crippen LogP contribution in [-0.4, -0.2) is 17.1 Å². The quantitative estimate of drug-likeness (QED) is 0.742. The molecule has 1 fully saturated rings. The minimum atomic E-state index is -0.686. The summed E-state index contributed by atoms with van der Waals surface area (Å²) in [6.07, 6.45) is 5.59. The zero-order valence-corrected chi connectivity index (χ0v) is 8.55. The maximum absolute atomic E-state index is 10.3. The first-order valence-electron chi connectivity index (χ1n) is 4.66. The number of nitrogens with two attached hydrogens (primary N) is 1. The van der Waals surface area contributed by atoms with E-state index >= 15 is 0 Å². The summed E-state index contributed by atoms with van der Waals surface area (Å²) in [5, 5.41) is 8.48. The third-order valence-electron chi connectivity index (χ3n) is 2.59. The van der Waals surface area contributed by atoms with Crippen molar-refractivity contribution in [2.45, 2.75) is 44.6 Å². The van der Waals surface area contributed by atoms with Crippen LogP contribution in [0.2, 0.25) is 0 Å². The lowest BCUT2D eigenvalue weighted by Gasteiger charge is -2.25. The van der Waals surface area contributed by atoms with E-state index in [-0.39, 0.29) is 12.4 Å². The van der Waals surface area contributed by atoms with Crippen LogP contribution in [0.5, 0.6) is 0 Å². The van der Waals surface area contributed by atoms with Gasteiger partial charge in [-0.2, -0.15) is 0 Å². The number of halogens is 1. The predicted molar refractivity (Wildman–Crippen MR) is 54.1 cm³/mol. The molecule has 0 heterocycles. The first kappa shape index (κ1) is 12.7. The molecule has 2 atom stereocenters. The van der Waals surface area contributed by atoms with Crippen LogP contribution in [0.4, 0.5) is 0 Å². The van der Waals surface area contributed by atoms with Crippen LogP contribution in [0.15, 0.2) is 0 Å². The Morgan fingerprint density at radius 1 is 1.46 bits per heavy atom. The van der Waals surface area contributed by atoms with Crippen LogP contribution in [-0.2, 0) is 4.79 Å². The van der Waals surface area contributed by atoms with E-state index in [9.17, 15) is 4.79 Å². The molecule has 0 spiro atoms. The minimum absolute atomic E-state index is 0. The summed E-state index contributed by atoms with van der Waals surface area (Å²) in [7, 11) is 0. The summed E-state index contributed by atoms with van der Waals surface area (Å²) in [5.74, 6) is -0.126. The van der Waals surface area contributed by atoms with Crippen molar-refractivity contribution in [1.29, 1.82) is 0 Å². The maximum Gasteiger partial charge on any atom is 0.303 e. The summed E-state index contributed by atoms with van der Waals surface area (Å²) < 4.78 is 0. The van der Waals surface area contributed by atoms with Gasteiger partial charge in [-0.3, -0.25) is 4.79 Å². The van der Waals surface area contributed by atoms with Gasteiger partial charge in [0.25, 0.3) is 0 Å². The monoisotopic (exact) mass is 207 g/mol. The number of carboxylic acid groups (broad SMARTS) is 1. The third-order valence-corrected chi connectivity index (χ3v) is 2.59. The molecule has 0 aliphatic heterocycles. The fraction of sp³-hybridized carbons (Fsp3) is 0.889. The van der Waals surface area contributed by atoms with E-state index in [1.54, 1.807) is 0 Å². The van der Waals surface area contributed by atoms with Crippen LogP contribution < -0.4 is 5.73 Å². The van der Waals surface area contributed by atoms with E-state index in [0.717, 1.165) is 19.3 Å². The van der Waals surface area contributed by atoms with E-state index < -0.39 is 5.97 Å². The van der Waals surface area contributed by atoms with Crippen LogP contribution in [0.1, 0.15) is 38.5 Å². The molecule has 3 N–H and O–H groups in total. The molecule has 78 valence electrons. The number of carbonyl (C=O) groups is 1. The second-order valence-corrected chi connectivity index (χ2v) is 3.73. The Hall–Kier alpha value is -0.280. The van der Waals surface area contributed by atoms with Gasteiger partial charge < -0.3 is 10.8 Å². The Morgan fingerprint density at radius 3 is 2.69 bits per heavy atom. The predicted octanol–water partition coefficient (Wildman–Crippen LogP) is 1.79. The smallest absolute Gasteiger partial charge is 0.303 e. The van der Waals surface area contributed by atoms with Crippen LogP contribution in [0, 0.1) is 5.92 Å². The van der Waals surface area contributed by atoms with Crippen molar-refractivity contribution in [2.75, 3.05) is 0 Å². The van der Waals surface area contributed by atoms with Gasteiger partial charge in [-0.25, -0.2) is 0 Å². The second-order valence-electron chi connectivity index (χ2n) is 3.73. The van der Waals surface area contributed by atoms with Crippen LogP contribution >= 0.6 is 12.4 Å². The number of hydrogen-bond donors (Lipinski definition) is 2. The highest BCUT2D eigenvalue weighted by atomic mass is 35.5. The molecule has 0 radical (unpaired) electrons. The summed E-state index contributed by atoms with van der Waals surface area (Å²) >= 11 is 0. The molecule has 1 rings (SSSR count). The fourth-order valence-electron chi connectivity index (χ4n) is 1.92. The zero-order chi connectivity index (χ0) is 8.97. The van der Waals surface area contributed by atoms with E-state index in [2.05, 4.69) is 0 Å². The van der Waals surface area contributed by atoms with Gasteiger partial charge in [-0.1, -0.05) is 12.8 Å². The van der Waals surface area contributed by atoms with Gasteiger partial charge in [0.2, 0.25) is 0 Å². The lowest BCUT2D eigenvalue weighted by Crippen LogP contribution is -2.28. The molecule has 13 heavy (non-hydrogen) atoms. The maximum atomic E-state index is 10.3. The Balaban J connectivity index is 0.00000144. The lowest BCUT2D eigenvalue weighted by molar-refractivity contribution is -0.137. The topological polar surface area (TPSA) is 63.3 Å². The molecule has 0 aromatic carbocycles. The van der Waals surface area contributed by atoms with E-state index in [4.69, 9.17) is 10.8 Å². The molecule has 1 saturated carbocycles. The molecule has 1 aliphatic rings. The number of rotatable bonds is 3. The summed E-state index contributed by atoms with van der Waals surface area (Å²) in [6.45, 7) is 0. The van der Waals surface area contributed by atoms with Gasteiger partial charge >= 0.3 is 5.97 Å². The Bertz CT molecular complexity index is 164. The second kappa shape index (κ2) is 6.22. The zero-order valence-electron chi connectivity index (χ0n) is 7.74. The van der Waals surface area contributed by atoms with Crippen molar-refractivity contribution < 1.29 is 9.90 Å². The molecule has 0 amide bonds. The molecular weight excluding hydrogens is 190 g/mol. The van der Waals surface area contributed by atoms with Crippen LogP contribution in [0.3, 0.4) is 0 Å². The van der Waals surface area contributed by atoms with Crippen molar-refractivity contribution in [3.05, 3.63) is 0 Å². The number of carboxylic acids is 1. The molecule has 0 aromatic rings. The normalized spacial score (nSPS) is 27.8. The SMILES string of the molecule is Cl.NC1CCCC(CCC(=O)O)C1. The van der Waals surface area contributed by atoms with Crippen molar-refractivity contribution in [3.63, 3.8) is 0 Å². The molecule has 4 heteroatoms. The molecule has 2 unspecified atom stereocenters. The highest BCUT2D eigenvalue weighted by Crippen LogP contribution is 2.26. The molecule has 3 nitrogen and oxygen atoms in total. The molecular formula is C9H18ClNO2. The van der Waals surface area contributed by atoms with Gasteiger partial charge in [0, 0.05) is 12.5 Å². The van der Waals surface area contributed by atoms with Gasteiger partial charge in [-0.15, -0.1) is 12.4 Å². The van der Waals surface area contributed by atoms with Crippen molar-refractivity contribution in [3.8, 4) is 0 Å². The Kier molecular flexibility index (Phi) is 6.08. The molecule has 0 saturated heterocycles. The average Bonchev–Trinajstić information content (AvgIpc) is 2.01. The van der Waals surface area contributed by atoms with E-state index in [1.165, 1.54) is 12.8 Å². The third kappa shape index (κ3) is 5.11. The number of hydrogen-bond acceptors (Lipinski definition) is 2. The highest BCUT2D eigenvalue weighted by Gasteiger charge is 2.19. The Labute approximate surface area is 85.1 Å². The summed E-state index contributed by atoms with van der Waals surface area (Å²) in [5.41, 5.74) is 5.78. The largest absolute Gasteiger partial charge is 0.481 e. The van der Waals surface area contributed by atoms with E-state index in [0.29, 0.717) is 18.4 Å². The van der Waals surface area contributed by atoms with Gasteiger partial charge in [0.15, 0.2) is 0 Å². The summed E-state index contributed by atoms with van der Waals surface area (Å²) in [4.78, 5) is 10.3. The fourth-order valence-corrected chi connectivity index (χ4v) is 1.92. The van der Waals surface area contributed by atoms with E-state index in [1.807, 2.05) is 0 Å². The first-order valence-corrected chi connectivity index (χ1v) is 4.66. The van der Waals surface area contributed by atoms with Crippen LogP contribution in [0.25, 0.3) is 0 Å². The number of aliphatic carboxylic acids is 1. The van der Waals surface area contributed by atoms with Gasteiger partial charge in [0.1, 0.15) is 0 Å². The molecule has 0 aromatic heterocycles. The highest BCUT2D eigenvalue weighted by molar-refractivity contribution is 5.85. The van der Waals surface area contributed by atoms with Crippen molar-refractivity contribution >= 4 is 18.4 Å². The van der Waals surface area contributed by atoms with Crippen molar-refractivity contribution in [2.24, 2.45) is 11.7 Å². The molecule has 0 bridgehead atoms. The average molecular weight is 208 g/mol. The minimum Gasteiger partial charge on any atom is -0.481 e. The first-order chi connectivity index (χ1) is 5.68. The van der Waals surface area contributed by atoms with Gasteiger partial charge in [0.05, 0.1) is 0 Å². The van der Waals surface area contributed by atoms with Gasteiger partial charge in [-0.05, 0) is 25.2 Å². The summed E-state index contributed by atoms with van der Waals surface area (Å²) in [6, 6.07) is 0.317. The Morgan fingerprint density at radius 2 is 2.15 bits per heavy atom. The van der Waals surface area contributed by atoms with Crippen molar-refractivity contribution in [1.82, 2.24) is 0 Å².